The van der Waals surface area contributed by atoms with Gasteiger partial charge in [-0.15, -0.1) is 0 Å². The van der Waals surface area contributed by atoms with Crippen LogP contribution in [0.1, 0.15) is 26.2 Å². The number of hydrogen-bond donors (Lipinski definition) is 2. The minimum Gasteiger partial charge on any atom is -0.492 e. The van der Waals surface area contributed by atoms with Gasteiger partial charge in [0.25, 0.3) is 0 Å². The van der Waals surface area contributed by atoms with Gasteiger partial charge >= 0.3 is 5.97 Å². The molecule has 0 amide bonds. The van der Waals surface area contributed by atoms with Crippen LogP contribution in [0.4, 0.5) is 0 Å². The lowest BCUT2D eigenvalue weighted by Crippen LogP contribution is -2.38. The van der Waals surface area contributed by atoms with E-state index >= 15 is 0 Å². The molecule has 1 rings (SSSR count). The summed E-state index contributed by atoms with van der Waals surface area (Å²) >= 11 is 0. The van der Waals surface area contributed by atoms with Crippen LogP contribution < -0.4 is 10.1 Å². The van der Waals surface area contributed by atoms with Crippen LogP contribution in [0, 0.1) is 0 Å². The maximum atomic E-state index is 11.0. The Labute approximate surface area is 108 Å². The van der Waals surface area contributed by atoms with Crippen molar-refractivity contribution in [2.45, 2.75) is 32.2 Å². The first-order valence-corrected chi connectivity index (χ1v) is 6.38. The molecule has 1 aromatic carbocycles. The minimum atomic E-state index is -0.789. The summed E-state index contributed by atoms with van der Waals surface area (Å²) in [5.74, 6) is 0.0166. The van der Waals surface area contributed by atoms with E-state index in [0.29, 0.717) is 19.6 Å². The Morgan fingerprint density at radius 1 is 1.39 bits per heavy atom. The van der Waals surface area contributed by atoms with E-state index in [4.69, 9.17) is 9.84 Å². The molecule has 4 nitrogen and oxygen atoms in total. The molecule has 0 aromatic heterocycles. The maximum Gasteiger partial charge on any atom is 0.320 e. The molecule has 1 unspecified atom stereocenters. The molecular weight excluding hydrogens is 230 g/mol. The Balaban J connectivity index is 2.20. The first-order chi connectivity index (χ1) is 8.74. The van der Waals surface area contributed by atoms with Gasteiger partial charge in [0.05, 0.1) is 0 Å². The van der Waals surface area contributed by atoms with Crippen LogP contribution in [0.15, 0.2) is 30.3 Å². The normalized spacial score (nSPS) is 12.1. The zero-order valence-electron chi connectivity index (χ0n) is 10.8. The minimum absolute atomic E-state index is 0.468. The molecule has 4 heteroatoms. The second kappa shape index (κ2) is 8.53. The number of carboxylic acid groups (broad SMARTS) is 1. The van der Waals surface area contributed by atoms with E-state index in [1.54, 1.807) is 0 Å². The number of ether oxygens (including phenoxy) is 1. The Morgan fingerprint density at radius 3 is 2.72 bits per heavy atom. The predicted octanol–water partition coefficient (Wildman–Crippen LogP) is 2.30. The second-order valence-electron chi connectivity index (χ2n) is 4.15. The number of benzene rings is 1. The summed E-state index contributed by atoms with van der Waals surface area (Å²) < 4.78 is 5.49. The van der Waals surface area contributed by atoms with Crippen LogP contribution in [0.3, 0.4) is 0 Å². The molecule has 0 saturated carbocycles. The zero-order chi connectivity index (χ0) is 13.2. The summed E-state index contributed by atoms with van der Waals surface area (Å²) in [6, 6.07) is 9.03. The van der Waals surface area contributed by atoms with E-state index in [-0.39, 0.29) is 0 Å². The number of para-hydroxylation sites is 1. The van der Waals surface area contributed by atoms with Crippen molar-refractivity contribution in [3.8, 4) is 5.75 Å². The Hall–Kier alpha value is -1.55. The number of hydrogen-bond acceptors (Lipinski definition) is 3. The third kappa shape index (κ3) is 5.68. The lowest BCUT2D eigenvalue weighted by molar-refractivity contribution is -0.139. The largest absolute Gasteiger partial charge is 0.492 e. The van der Waals surface area contributed by atoms with E-state index in [9.17, 15) is 4.79 Å². The summed E-state index contributed by atoms with van der Waals surface area (Å²) in [4.78, 5) is 11.0. The molecule has 0 heterocycles. The fourth-order valence-corrected chi connectivity index (χ4v) is 1.64. The van der Waals surface area contributed by atoms with Crippen LogP contribution in [-0.4, -0.2) is 30.3 Å². The number of rotatable bonds is 9. The van der Waals surface area contributed by atoms with Gasteiger partial charge < -0.3 is 15.2 Å². The number of carboxylic acids is 1. The summed E-state index contributed by atoms with van der Waals surface area (Å²) in [6.07, 6.45) is 2.59. The van der Waals surface area contributed by atoms with Gasteiger partial charge in [0.15, 0.2) is 0 Å². The third-order valence-electron chi connectivity index (χ3n) is 2.65. The average molecular weight is 251 g/mol. The van der Waals surface area contributed by atoms with E-state index in [1.807, 2.05) is 30.3 Å². The van der Waals surface area contributed by atoms with E-state index in [1.165, 1.54) is 0 Å². The Morgan fingerprint density at radius 2 is 2.11 bits per heavy atom. The summed E-state index contributed by atoms with van der Waals surface area (Å²) in [7, 11) is 0. The molecule has 0 radical (unpaired) electrons. The van der Waals surface area contributed by atoms with Crippen molar-refractivity contribution in [2.75, 3.05) is 13.2 Å². The fourth-order valence-electron chi connectivity index (χ4n) is 1.64. The average Bonchev–Trinajstić information content (AvgIpc) is 2.38. The lowest BCUT2D eigenvalue weighted by Gasteiger charge is -2.14. The highest BCUT2D eigenvalue weighted by Crippen LogP contribution is 2.07. The first kappa shape index (κ1) is 14.5. The van der Waals surface area contributed by atoms with Crippen LogP contribution in [0.2, 0.25) is 0 Å². The summed E-state index contributed by atoms with van der Waals surface area (Å²) in [5.41, 5.74) is 0. The van der Waals surface area contributed by atoms with Crippen molar-refractivity contribution in [3.05, 3.63) is 30.3 Å². The van der Waals surface area contributed by atoms with E-state index in [0.717, 1.165) is 18.6 Å². The topological polar surface area (TPSA) is 58.6 Å². The number of carbonyl (C=O) groups is 1. The quantitative estimate of drug-likeness (QED) is 0.661. The standard InChI is InChI=1S/C14H21NO3/c1-2-3-9-13(14(16)17)15-10-11-18-12-7-5-4-6-8-12/h4-8,13,15H,2-3,9-11H2,1H3,(H,16,17). The molecule has 1 aromatic rings. The highest BCUT2D eigenvalue weighted by molar-refractivity contribution is 5.73. The van der Waals surface area contributed by atoms with Crippen LogP contribution in [-0.2, 0) is 4.79 Å². The molecule has 2 N–H and O–H groups in total. The number of nitrogens with one attached hydrogen (secondary N) is 1. The highest BCUT2D eigenvalue weighted by atomic mass is 16.5. The molecule has 0 aliphatic carbocycles. The smallest absolute Gasteiger partial charge is 0.320 e. The van der Waals surface area contributed by atoms with Crippen molar-refractivity contribution in [1.82, 2.24) is 5.32 Å². The first-order valence-electron chi connectivity index (χ1n) is 6.38. The number of unbranched alkanes of at least 4 members (excludes halogenated alkanes) is 1. The molecule has 100 valence electrons. The molecule has 0 spiro atoms. The van der Waals surface area contributed by atoms with Gasteiger partial charge in [-0.25, -0.2) is 0 Å². The van der Waals surface area contributed by atoms with Crippen molar-refractivity contribution >= 4 is 5.97 Å². The van der Waals surface area contributed by atoms with E-state index in [2.05, 4.69) is 12.2 Å². The molecule has 0 aliphatic heterocycles. The van der Waals surface area contributed by atoms with Crippen molar-refractivity contribution in [1.29, 1.82) is 0 Å². The van der Waals surface area contributed by atoms with Crippen molar-refractivity contribution in [2.24, 2.45) is 0 Å². The van der Waals surface area contributed by atoms with Crippen molar-refractivity contribution in [3.63, 3.8) is 0 Å². The van der Waals surface area contributed by atoms with Gasteiger partial charge in [0.1, 0.15) is 18.4 Å². The van der Waals surface area contributed by atoms with Crippen LogP contribution in [0.25, 0.3) is 0 Å². The number of aliphatic carboxylic acids is 1. The monoisotopic (exact) mass is 251 g/mol. The van der Waals surface area contributed by atoms with Crippen molar-refractivity contribution < 1.29 is 14.6 Å². The van der Waals surface area contributed by atoms with E-state index < -0.39 is 12.0 Å². The highest BCUT2D eigenvalue weighted by Gasteiger charge is 2.15. The molecule has 18 heavy (non-hydrogen) atoms. The zero-order valence-corrected chi connectivity index (χ0v) is 10.8. The molecule has 0 aliphatic rings. The van der Waals surface area contributed by atoms with Gasteiger partial charge in [-0.3, -0.25) is 4.79 Å². The Bertz CT molecular complexity index is 340. The van der Waals surface area contributed by atoms with Gasteiger partial charge in [0, 0.05) is 6.54 Å². The molecule has 0 fully saturated rings. The fraction of sp³-hybridized carbons (Fsp3) is 0.500. The van der Waals surface area contributed by atoms with Crippen LogP contribution in [0.5, 0.6) is 5.75 Å². The SMILES string of the molecule is CCCCC(NCCOc1ccccc1)C(=O)O. The maximum absolute atomic E-state index is 11.0. The van der Waals surface area contributed by atoms with Crippen LogP contribution >= 0.6 is 0 Å². The molecule has 0 saturated heterocycles. The van der Waals surface area contributed by atoms with Gasteiger partial charge in [-0.05, 0) is 18.6 Å². The van der Waals surface area contributed by atoms with Gasteiger partial charge in [-0.1, -0.05) is 38.0 Å². The molecule has 1 atom stereocenters. The predicted molar refractivity (Wildman–Crippen MR) is 70.9 cm³/mol. The Kier molecular flexibility index (Phi) is 6.87. The van der Waals surface area contributed by atoms with Gasteiger partial charge in [-0.2, -0.15) is 0 Å². The second-order valence-corrected chi connectivity index (χ2v) is 4.15. The lowest BCUT2D eigenvalue weighted by atomic mass is 10.1. The summed E-state index contributed by atoms with van der Waals surface area (Å²) in [6.45, 7) is 3.06. The molecular formula is C14H21NO3. The molecule has 0 bridgehead atoms. The third-order valence-corrected chi connectivity index (χ3v) is 2.65. The summed E-state index contributed by atoms with van der Waals surface area (Å²) in [5, 5.41) is 12.0. The van der Waals surface area contributed by atoms with Gasteiger partial charge in [0.2, 0.25) is 0 Å².